The van der Waals surface area contributed by atoms with Crippen LogP contribution in [0.25, 0.3) is 11.5 Å². The fraction of sp³-hybridized carbons (Fsp3) is 0.231. The van der Waals surface area contributed by atoms with E-state index in [9.17, 15) is 19.3 Å². The summed E-state index contributed by atoms with van der Waals surface area (Å²) in [6.45, 7) is 3.44. The summed E-state index contributed by atoms with van der Waals surface area (Å²) in [5, 5.41) is 19.6. The number of nitrogens with zero attached hydrogens (tertiary/aromatic N) is 2. The molecule has 2 aromatic rings. The first kappa shape index (κ1) is 14.6. The van der Waals surface area contributed by atoms with Crippen LogP contribution in [-0.2, 0) is 0 Å². The number of aromatic carboxylic acids is 1. The summed E-state index contributed by atoms with van der Waals surface area (Å²) in [5.74, 6) is -3.02. The van der Waals surface area contributed by atoms with Gasteiger partial charge in [0.1, 0.15) is 5.82 Å². The molecule has 110 valence electrons. The maximum atomic E-state index is 13.9. The summed E-state index contributed by atoms with van der Waals surface area (Å²) in [5.41, 5.74) is -0.351. The third-order valence-electron chi connectivity index (χ3n) is 2.79. The van der Waals surface area contributed by atoms with E-state index in [1.807, 2.05) is 0 Å². The Morgan fingerprint density at radius 2 is 2.14 bits per heavy atom. The fourth-order valence-electron chi connectivity index (χ4n) is 1.78. The zero-order valence-corrected chi connectivity index (χ0v) is 11.2. The van der Waals surface area contributed by atoms with Crippen molar-refractivity contribution >= 4 is 11.7 Å². The molecule has 0 aliphatic heterocycles. The summed E-state index contributed by atoms with van der Waals surface area (Å²) in [6.07, 6.45) is 0. The number of carboxylic acids is 1. The molecule has 0 saturated carbocycles. The molecular weight excluding hydrogens is 283 g/mol. The van der Waals surface area contributed by atoms with E-state index in [1.54, 1.807) is 13.8 Å². The first-order valence-electron chi connectivity index (χ1n) is 5.99. The van der Waals surface area contributed by atoms with E-state index in [0.29, 0.717) is 0 Å². The number of nitro groups is 1. The van der Waals surface area contributed by atoms with Crippen molar-refractivity contribution in [3.05, 3.63) is 45.6 Å². The highest BCUT2D eigenvalue weighted by Gasteiger charge is 2.24. The van der Waals surface area contributed by atoms with E-state index in [2.05, 4.69) is 4.98 Å². The Morgan fingerprint density at radius 1 is 1.48 bits per heavy atom. The van der Waals surface area contributed by atoms with E-state index in [-0.39, 0.29) is 28.8 Å². The van der Waals surface area contributed by atoms with Crippen molar-refractivity contribution in [3.63, 3.8) is 0 Å². The number of benzene rings is 1. The summed E-state index contributed by atoms with van der Waals surface area (Å²) in [6, 6.07) is 2.96. The molecule has 0 aliphatic carbocycles. The third kappa shape index (κ3) is 2.73. The van der Waals surface area contributed by atoms with Gasteiger partial charge in [-0.15, -0.1) is 0 Å². The lowest BCUT2D eigenvalue weighted by Gasteiger charge is -1.98. The molecule has 1 aromatic heterocycles. The fourth-order valence-corrected chi connectivity index (χ4v) is 1.78. The van der Waals surface area contributed by atoms with E-state index in [0.717, 1.165) is 18.2 Å². The summed E-state index contributed by atoms with van der Waals surface area (Å²) >= 11 is 0. The average molecular weight is 294 g/mol. The molecule has 21 heavy (non-hydrogen) atoms. The van der Waals surface area contributed by atoms with Gasteiger partial charge < -0.3 is 9.52 Å². The number of hydrogen-bond donors (Lipinski definition) is 1. The Labute approximate surface area is 118 Å². The molecule has 0 unspecified atom stereocenters. The minimum Gasteiger partial charge on any atom is -0.475 e. The van der Waals surface area contributed by atoms with Gasteiger partial charge in [-0.3, -0.25) is 10.1 Å². The smallest absolute Gasteiger partial charge is 0.373 e. The van der Waals surface area contributed by atoms with E-state index in [1.165, 1.54) is 0 Å². The monoisotopic (exact) mass is 294 g/mol. The van der Waals surface area contributed by atoms with Crippen LogP contribution in [-0.4, -0.2) is 21.0 Å². The van der Waals surface area contributed by atoms with E-state index in [4.69, 9.17) is 9.52 Å². The number of oxazole rings is 1. The standard InChI is InChI=1S/C13H11FN2O5/c1-6(2)10-11(13(17)18)21-12(15-10)8-4-3-7(16(19)20)5-9(8)14/h3-6H,1-2H3,(H,17,18). The number of carboxylic acid groups (broad SMARTS) is 1. The highest BCUT2D eigenvalue weighted by Crippen LogP contribution is 2.29. The molecule has 0 bridgehead atoms. The molecule has 8 heteroatoms. The first-order valence-corrected chi connectivity index (χ1v) is 5.99. The summed E-state index contributed by atoms with van der Waals surface area (Å²) in [7, 11) is 0. The molecule has 0 spiro atoms. The van der Waals surface area contributed by atoms with Crippen molar-refractivity contribution < 1.29 is 23.6 Å². The van der Waals surface area contributed by atoms with Crippen LogP contribution >= 0.6 is 0 Å². The van der Waals surface area contributed by atoms with Gasteiger partial charge in [-0.05, 0) is 12.0 Å². The zero-order chi connectivity index (χ0) is 15.7. The molecule has 0 aliphatic rings. The Bertz CT molecular complexity index is 723. The highest BCUT2D eigenvalue weighted by atomic mass is 19.1. The Hall–Kier alpha value is -2.77. The molecule has 2 rings (SSSR count). The Kier molecular flexibility index (Phi) is 3.70. The number of hydrogen-bond acceptors (Lipinski definition) is 5. The first-order chi connectivity index (χ1) is 9.81. The normalized spacial score (nSPS) is 10.9. The quantitative estimate of drug-likeness (QED) is 0.685. The number of non-ortho nitro benzene ring substituents is 1. The van der Waals surface area contributed by atoms with Gasteiger partial charge in [-0.1, -0.05) is 13.8 Å². The van der Waals surface area contributed by atoms with Crippen LogP contribution in [0, 0.1) is 15.9 Å². The average Bonchev–Trinajstić information content (AvgIpc) is 2.83. The SMILES string of the molecule is CC(C)c1nc(-c2ccc([N+](=O)[O-])cc2F)oc1C(=O)O. The Morgan fingerprint density at radius 3 is 2.57 bits per heavy atom. The van der Waals surface area contributed by atoms with Gasteiger partial charge >= 0.3 is 5.97 Å². The second-order valence-electron chi connectivity index (χ2n) is 4.61. The van der Waals surface area contributed by atoms with Gasteiger partial charge in [-0.25, -0.2) is 14.2 Å². The van der Waals surface area contributed by atoms with E-state index >= 15 is 0 Å². The number of nitro benzene ring substituents is 1. The molecule has 1 aromatic carbocycles. The second kappa shape index (κ2) is 5.31. The van der Waals surface area contributed by atoms with Crippen molar-refractivity contribution in [3.8, 4) is 11.5 Å². The van der Waals surface area contributed by atoms with Gasteiger partial charge in [0, 0.05) is 6.07 Å². The van der Waals surface area contributed by atoms with Gasteiger partial charge in [0.15, 0.2) is 0 Å². The molecule has 0 radical (unpaired) electrons. The largest absolute Gasteiger partial charge is 0.475 e. The predicted molar refractivity (Wildman–Crippen MR) is 69.6 cm³/mol. The highest BCUT2D eigenvalue weighted by molar-refractivity contribution is 5.86. The van der Waals surface area contributed by atoms with Gasteiger partial charge in [0.2, 0.25) is 11.7 Å². The third-order valence-corrected chi connectivity index (χ3v) is 2.79. The minimum absolute atomic E-state index is 0.130. The molecule has 0 fully saturated rings. The van der Waals surface area contributed by atoms with Gasteiger partial charge in [-0.2, -0.15) is 0 Å². The topological polar surface area (TPSA) is 106 Å². The predicted octanol–water partition coefficient (Wildman–Crippen LogP) is 3.21. The van der Waals surface area contributed by atoms with E-state index < -0.39 is 22.4 Å². The van der Waals surface area contributed by atoms with Gasteiger partial charge in [0.25, 0.3) is 5.69 Å². The van der Waals surface area contributed by atoms with Crippen molar-refractivity contribution in [1.29, 1.82) is 0 Å². The molecule has 0 amide bonds. The van der Waals surface area contributed by atoms with Crippen LogP contribution in [0.5, 0.6) is 0 Å². The maximum Gasteiger partial charge on any atom is 0.373 e. The van der Waals surface area contributed by atoms with Crippen LogP contribution in [0.3, 0.4) is 0 Å². The maximum absolute atomic E-state index is 13.9. The zero-order valence-electron chi connectivity index (χ0n) is 11.2. The molecule has 1 N–H and O–H groups in total. The number of aromatic nitrogens is 1. The number of rotatable bonds is 4. The Balaban J connectivity index is 2.55. The van der Waals surface area contributed by atoms with Gasteiger partial charge in [0.05, 0.1) is 22.2 Å². The van der Waals surface area contributed by atoms with Crippen LogP contribution in [0.1, 0.15) is 36.0 Å². The van der Waals surface area contributed by atoms with Crippen LogP contribution < -0.4 is 0 Å². The molecule has 0 atom stereocenters. The number of halogens is 1. The van der Waals surface area contributed by atoms with Crippen molar-refractivity contribution in [1.82, 2.24) is 4.98 Å². The lowest BCUT2D eigenvalue weighted by molar-refractivity contribution is -0.385. The summed E-state index contributed by atoms with van der Waals surface area (Å²) < 4.78 is 19.0. The van der Waals surface area contributed by atoms with Crippen molar-refractivity contribution in [2.75, 3.05) is 0 Å². The molecular formula is C13H11FN2O5. The molecule has 7 nitrogen and oxygen atoms in total. The van der Waals surface area contributed by atoms with Crippen molar-refractivity contribution in [2.45, 2.75) is 19.8 Å². The lowest BCUT2D eigenvalue weighted by Crippen LogP contribution is -2.01. The summed E-state index contributed by atoms with van der Waals surface area (Å²) in [4.78, 5) is 24.9. The molecule has 1 heterocycles. The molecule has 0 saturated heterocycles. The van der Waals surface area contributed by atoms with Crippen LogP contribution in [0.15, 0.2) is 22.6 Å². The van der Waals surface area contributed by atoms with Crippen LogP contribution in [0.2, 0.25) is 0 Å². The number of carbonyl (C=O) groups is 1. The van der Waals surface area contributed by atoms with Crippen molar-refractivity contribution in [2.24, 2.45) is 0 Å². The van der Waals surface area contributed by atoms with Crippen LogP contribution in [0.4, 0.5) is 10.1 Å². The minimum atomic E-state index is -1.31. The second-order valence-corrected chi connectivity index (χ2v) is 4.61. The lowest BCUT2D eigenvalue weighted by atomic mass is 10.1.